The summed E-state index contributed by atoms with van der Waals surface area (Å²) in [5.41, 5.74) is 0. The molecule has 6 nitrogen and oxygen atoms in total. The number of terminal acetylenes is 1. The van der Waals surface area contributed by atoms with E-state index in [9.17, 15) is 4.79 Å². The molecule has 0 aliphatic heterocycles. The molecule has 1 heterocycles. The summed E-state index contributed by atoms with van der Waals surface area (Å²) in [6, 6.07) is -0.505. The lowest BCUT2D eigenvalue weighted by molar-refractivity contribution is 0.236. The van der Waals surface area contributed by atoms with Crippen LogP contribution in [0.2, 0.25) is 0 Å². The molecule has 0 saturated heterocycles. The van der Waals surface area contributed by atoms with Crippen molar-refractivity contribution in [1.29, 1.82) is 0 Å². The summed E-state index contributed by atoms with van der Waals surface area (Å²) in [6.45, 7) is 8.48. The molecule has 0 radical (unpaired) electrons. The minimum atomic E-state index is -0.255. The van der Waals surface area contributed by atoms with E-state index in [1.165, 1.54) is 0 Å². The van der Waals surface area contributed by atoms with Gasteiger partial charge in [-0.25, -0.2) is 4.79 Å². The Labute approximate surface area is 126 Å². The number of carbonyl (C=O) groups excluding carboxylic acids is 1. The number of amides is 2. The Hall–Kier alpha value is -2.03. The van der Waals surface area contributed by atoms with Crippen LogP contribution in [0.25, 0.3) is 0 Å². The van der Waals surface area contributed by atoms with Crippen molar-refractivity contribution >= 4 is 6.03 Å². The largest absolute Gasteiger partial charge is 0.339 e. The zero-order valence-corrected chi connectivity index (χ0v) is 13.1. The second kappa shape index (κ2) is 8.30. The van der Waals surface area contributed by atoms with E-state index in [4.69, 9.17) is 10.9 Å². The molecule has 0 aliphatic carbocycles. The SMILES string of the molecule is C#C[C@H](NC(=O)NCCCc1nc(C(C)C)no1)C(C)C. The van der Waals surface area contributed by atoms with Crippen LogP contribution >= 0.6 is 0 Å². The van der Waals surface area contributed by atoms with Gasteiger partial charge in [-0.3, -0.25) is 0 Å². The van der Waals surface area contributed by atoms with Crippen LogP contribution in [-0.4, -0.2) is 28.8 Å². The first kappa shape index (κ1) is 17.0. The normalized spacial score (nSPS) is 12.2. The van der Waals surface area contributed by atoms with Crippen molar-refractivity contribution in [2.75, 3.05) is 6.54 Å². The Morgan fingerprint density at radius 3 is 2.62 bits per heavy atom. The molecule has 1 rings (SSSR count). The zero-order chi connectivity index (χ0) is 15.8. The topological polar surface area (TPSA) is 80.0 Å². The van der Waals surface area contributed by atoms with E-state index in [-0.39, 0.29) is 23.9 Å². The molecule has 1 atom stereocenters. The van der Waals surface area contributed by atoms with Crippen molar-refractivity contribution in [2.45, 2.75) is 52.5 Å². The summed E-state index contributed by atoms with van der Waals surface area (Å²) < 4.78 is 5.13. The molecule has 0 aliphatic rings. The number of aryl methyl sites for hydroxylation is 1. The number of hydrogen-bond acceptors (Lipinski definition) is 4. The summed E-state index contributed by atoms with van der Waals surface area (Å²) in [4.78, 5) is 15.9. The van der Waals surface area contributed by atoms with Crippen LogP contribution in [0.15, 0.2) is 4.52 Å². The Morgan fingerprint density at radius 1 is 1.38 bits per heavy atom. The van der Waals surface area contributed by atoms with Gasteiger partial charge in [-0.05, 0) is 12.3 Å². The number of urea groups is 1. The summed E-state index contributed by atoms with van der Waals surface area (Å²) in [7, 11) is 0. The highest BCUT2D eigenvalue weighted by atomic mass is 16.5. The van der Waals surface area contributed by atoms with Crippen LogP contribution in [0.3, 0.4) is 0 Å². The smallest absolute Gasteiger partial charge is 0.315 e. The first-order valence-corrected chi connectivity index (χ1v) is 7.27. The monoisotopic (exact) mass is 292 g/mol. The summed E-state index contributed by atoms with van der Waals surface area (Å²) >= 11 is 0. The lowest BCUT2D eigenvalue weighted by Gasteiger charge is -2.16. The van der Waals surface area contributed by atoms with Crippen LogP contribution in [-0.2, 0) is 6.42 Å². The van der Waals surface area contributed by atoms with Gasteiger partial charge in [-0.15, -0.1) is 6.42 Å². The quantitative estimate of drug-likeness (QED) is 0.595. The summed E-state index contributed by atoms with van der Waals surface area (Å²) in [5, 5.41) is 9.40. The minimum absolute atomic E-state index is 0.202. The third-order valence-corrected chi connectivity index (χ3v) is 2.99. The fourth-order valence-electron chi connectivity index (χ4n) is 1.64. The van der Waals surface area contributed by atoms with E-state index in [0.717, 1.165) is 6.42 Å². The lowest BCUT2D eigenvalue weighted by Crippen LogP contribution is -2.44. The standard InChI is InChI=1S/C15H24N4O2/c1-6-12(10(2)3)17-15(20)16-9-7-8-13-18-14(11(4)5)19-21-13/h1,10-12H,7-9H2,2-5H3,(H2,16,17,20)/t12-/m0/s1. The molecule has 21 heavy (non-hydrogen) atoms. The van der Waals surface area contributed by atoms with Crippen molar-refractivity contribution < 1.29 is 9.32 Å². The van der Waals surface area contributed by atoms with Gasteiger partial charge in [0.25, 0.3) is 0 Å². The third kappa shape index (κ3) is 5.86. The molecule has 116 valence electrons. The first-order chi connectivity index (χ1) is 9.93. The second-order valence-corrected chi connectivity index (χ2v) is 5.59. The van der Waals surface area contributed by atoms with Gasteiger partial charge in [0, 0.05) is 18.9 Å². The molecule has 1 aromatic heterocycles. The van der Waals surface area contributed by atoms with Crippen LogP contribution in [0.1, 0.15) is 51.7 Å². The van der Waals surface area contributed by atoms with E-state index < -0.39 is 0 Å². The number of rotatable bonds is 7. The highest BCUT2D eigenvalue weighted by molar-refractivity contribution is 5.74. The fraction of sp³-hybridized carbons (Fsp3) is 0.667. The average Bonchev–Trinajstić information content (AvgIpc) is 2.89. The van der Waals surface area contributed by atoms with Crippen LogP contribution in [0.5, 0.6) is 0 Å². The molecular formula is C15H24N4O2. The van der Waals surface area contributed by atoms with E-state index in [2.05, 4.69) is 26.7 Å². The Morgan fingerprint density at radius 2 is 2.10 bits per heavy atom. The average molecular weight is 292 g/mol. The van der Waals surface area contributed by atoms with Gasteiger partial charge in [0.15, 0.2) is 5.82 Å². The maximum absolute atomic E-state index is 11.7. The van der Waals surface area contributed by atoms with Gasteiger partial charge in [-0.1, -0.05) is 38.8 Å². The van der Waals surface area contributed by atoms with Crippen molar-refractivity contribution in [3.63, 3.8) is 0 Å². The maximum atomic E-state index is 11.7. The first-order valence-electron chi connectivity index (χ1n) is 7.27. The van der Waals surface area contributed by atoms with E-state index >= 15 is 0 Å². The summed E-state index contributed by atoms with van der Waals surface area (Å²) in [5.74, 6) is 4.33. The molecule has 1 aromatic rings. The number of aromatic nitrogens is 2. The molecule has 0 spiro atoms. The highest BCUT2D eigenvalue weighted by Crippen LogP contribution is 2.10. The van der Waals surface area contributed by atoms with Gasteiger partial charge in [0.2, 0.25) is 5.89 Å². The molecule has 0 aromatic carbocycles. The Balaban J connectivity index is 2.24. The number of carbonyl (C=O) groups is 1. The predicted molar refractivity (Wildman–Crippen MR) is 80.7 cm³/mol. The molecule has 0 bridgehead atoms. The van der Waals surface area contributed by atoms with E-state index in [0.29, 0.717) is 24.7 Å². The molecular weight excluding hydrogens is 268 g/mol. The zero-order valence-electron chi connectivity index (χ0n) is 13.1. The van der Waals surface area contributed by atoms with E-state index in [1.54, 1.807) is 0 Å². The lowest BCUT2D eigenvalue weighted by atomic mass is 10.1. The third-order valence-electron chi connectivity index (χ3n) is 2.99. The number of nitrogens with one attached hydrogen (secondary N) is 2. The molecule has 6 heteroatoms. The van der Waals surface area contributed by atoms with Crippen molar-refractivity contribution in [2.24, 2.45) is 5.92 Å². The van der Waals surface area contributed by atoms with Gasteiger partial charge in [-0.2, -0.15) is 4.98 Å². The molecule has 2 amide bonds. The Kier molecular flexibility index (Phi) is 6.73. The maximum Gasteiger partial charge on any atom is 0.315 e. The van der Waals surface area contributed by atoms with Gasteiger partial charge >= 0.3 is 6.03 Å². The van der Waals surface area contributed by atoms with Crippen molar-refractivity contribution in [1.82, 2.24) is 20.8 Å². The predicted octanol–water partition coefficient (Wildman–Crippen LogP) is 2.08. The molecule has 0 fully saturated rings. The van der Waals surface area contributed by atoms with Crippen molar-refractivity contribution in [3.05, 3.63) is 11.7 Å². The molecule has 0 saturated carbocycles. The number of nitrogens with zero attached hydrogens (tertiary/aromatic N) is 2. The van der Waals surface area contributed by atoms with Gasteiger partial charge in [0.05, 0.1) is 6.04 Å². The van der Waals surface area contributed by atoms with E-state index in [1.807, 2.05) is 27.7 Å². The molecule has 2 N–H and O–H groups in total. The van der Waals surface area contributed by atoms with Crippen molar-refractivity contribution in [3.8, 4) is 12.3 Å². The second-order valence-electron chi connectivity index (χ2n) is 5.59. The van der Waals surface area contributed by atoms with Gasteiger partial charge in [0.1, 0.15) is 0 Å². The van der Waals surface area contributed by atoms with Crippen LogP contribution in [0, 0.1) is 18.3 Å². The highest BCUT2D eigenvalue weighted by Gasteiger charge is 2.13. The van der Waals surface area contributed by atoms with Crippen LogP contribution in [0.4, 0.5) is 4.79 Å². The summed E-state index contributed by atoms with van der Waals surface area (Å²) in [6.07, 6.45) is 6.73. The van der Waals surface area contributed by atoms with Crippen LogP contribution < -0.4 is 10.6 Å². The number of hydrogen-bond donors (Lipinski definition) is 2. The minimum Gasteiger partial charge on any atom is -0.339 e. The Bertz CT molecular complexity index is 488. The fourth-order valence-corrected chi connectivity index (χ4v) is 1.64. The molecule has 0 unspecified atom stereocenters. The van der Waals surface area contributed by atoms with Gasteiger partial charge < -0.3 is 15.2 Å².